The summed E-state index contributed by atoms with van der Waals surface area (Å²) in [5, 5.41) is 0. The Bertz CT molecular complexity index is 897. The Morgan fingerprint density at radius 1 is 1.33 bits per heavy atom. The molecule has 9 heteroatoms. The SMILES string of the molecule is COCCC1(NS(=O)(=O)c2ccccc2)CCN(C(=O)c2cn(C)cn2)C1. The van der Waals surface area contributed by atoms with E-state index in [0.717, 1.165) is 0 Å². The summed E-state index contributed by atoms with van der Waals surface area (Å²) < 4.78 is 35.4. The van der Waals surface area contributed by atoms with Crippen molar-refractivity contribution in [2.24, 2.45) is 7.05 Å². The molecule has 146 valence electrons. The lowest BCUT2D eigenvalue weighted by atomic mass is 9.96. The first-order chi connectivity index (χ1) is 12.9. The van der Waals surface area contributed by atoms with Crippen molar-refractivity contribution in [2.75, 3.05) is 26.8 Å². The van der Waals surface area contributed by atoms with Crippen LogP contribution in [0.2, 0.25) is 0 Å². The molecule has 0 bridgehead atoms. The Morgan fingerprint density at radius 3 is 2.70 bits per heavy atom. The summed E-state index contributed by atoms with van der Waals surface area (Å²) in [6.07, 6.45) is 4.22. The predicted octanol–water partition coefficient (Wildman–Crippen LogP) is 1.02. The molecule has 2 aromatic rings. The third-order valence-electron chi connectivity index (χ3n) is 4.75. The first-order valence-corrected chi connectivity index (χ1v) is 10.2. The number of amides is 1. The molecule has 1 aliphatic rings. The molecule has 3 rings (SSSR count). The van der Waals surface area contributed by atoms with E-state index in [9.17, 15) is 13.2 Å². The molecule has 1 saturated heterocycles. The van der Waals surface area contributed by atoms with Crippen LogP contribution in [0.25, 0.3) is 0 Å². The van der Waals surface area contributed by atoms with Crippen molar-refractivity contribution in [1.82, 2.24) is 19.2 Å². The summed E-state index contributed by atoms with van der Waals surface area (Å²) in [4.78, 5) is 18.6. The smallest absolute Gasteiger partial charge is 0.274 e. The maximum absolute atomic E-state index is 12.8. The number of sulfonamides is 1. The Hall–Kier alpha value is -2.23. The second-order valence-electron chi connectivity index (χ2n) is 6.84. The van der Waals surface area contributed by atoms with Gasteiger partial charge in [0, 0.05) is 40.1 Å². The normalized spacial score (nSPS) is 20.1. The van der Waals surface area contributed by atoms with Crippen LogP contribution in [0.4, 0.5) is 0 Å². The Morgan fingerprint density at radius 2 is 2.07 bits per heavy atom. The first kappa shape index (κ1) is 19.5. The number of carbonyl (C=O) groups excluding carboxylic acids is 1. The number of likely N-dealkylation sites (tertiary alicyclic amines) is 1. The molecule has 27 heavy (non-hydrogen) atoms. The number of aryl methyl sites for hydroxylation is 1. The molecule has 1 aliphatic heterocycles. The number of hydrogen-bond acceptors (Lipinski definition) is 5. The van der Waals surface area contributed by atoms with E-state index in [-0.39, 0.29) is 17.3 Å². The number of carbonyl (C=O) groups is 1. The third kappa shape index (κ3) is 4.37. The number of hydrogen-bond donors (Lipinski definition) is 1. The zero-order valence-electron chi connectivity index (χ0n) is 15.5. The van der Waals surface area contributed by atoms with Crippen LogP contribution in [0.3, 0.4) is 0 Å². The Balaban J connectivity index is 1.81. The summed E-state index contributed by atoms with van der Waals surface area (Å²) in [5.41, 5.74) is -0.416. The molecule has 0 saturated carbocycles. The van der Waals surface area contributed by atoms with Crippen LogP contribution in [0.1, 0.15) is 23.3 Å². The van der Waals surface area contributed by atoms with Crippen molar-refractivity contribution in [3.05, 3.63) is 48.5 Å². The molecule has 0 spiro atoms. The van der Waals surface area contributed by atoms with E-state index in [1.54, 1.807) is 66.5 Å². The molecule has 1 atom stereocenters. The van der Waals surface area contributed by atoms with E-state index >= 15 is 0 Å². The average Bonchev–Trinajstić information content (AvgIpc) is 3.27. The summed E-state index contributed by atoms with van der Waals surface area (Å²) in [6, 6.07) is 8.24. The van der Waals surface area contributed by atoms with E-state index in [0.29, 0.717) is 31.7 Å². The van der Waals surface area contributed by atoms with Crippen LogP contribution in [-0.4, -0.2) is 61.1 Å². The van der Waals surface area contributed by atoms with Gasteiger partial charge in [-0.25, -0.2) is 18.1 Å². The molecule has 1 aromatic heterocycles. The third-order valence-corrected chi connectivity index (χ3v) is 6.35. The number of methoxy groups -OCH3 is 1. The largest absolute Gasteiger partial charge is 0.385 e. The van der Waals surface area contributed by atoms with Crippen molar-refractivity contribution in [3.63, 3.8) is 0 Å². The number of nitrogens with one attached hydrogen (secondary N) is 1. The van der Waals surface area contributed by atoms with Crippen molar-refractivity contribution >= 4 is 15.9 Å². The number of nitrogens with zero attached hydrogens (tertiary/aromatic N) is 3. The zero-order valence-corrected chi connectivity index (χ0v) is 16.3. The van der Waals surface area contributed by atoms with Gasteiger partial charge >= 0.3 is 0 Å². The van der Waals surface area contributed by atoms with E-state index in [2.05, 4.69) is 9.71 Å². The first-order valence-electron chi connectivity index (χ1n) is 8.70. The fourth-order valence-electron chi connectivity index (χ4n) is 3.31. The molecule has 0 radical (unpaired) electrons. The highest BCUT2D eigenvalue weighted by Gasteiger charge is 2.43. The molecular weight excluding hydrogens is 368 g/mol. The molecule has 8 nitrogen and oxygen atoms in total. The highest BCUT2D eigenvalue weighted by atomic mass is 32.2. The number of benzene rings is 1. The lowest BCUT2D eigenvalue weighted by molar-refractivity contribution is 0.0770. The van der Waals surface area contributed by atoms with Gasteiger partial charge in [-0.2, -0.15) is 0 Å². The van der Waals surface area contributed by atoms with Crippen LogP contribution in [0.15, 0.2) is 47.8 Å². The molecule has 1 fully saturated rings. The van der Waals surface area contributed by atoms with Crippen LogP contribution in [-0.2, 0) is 21.8 Å². The molecule has 2 heterocycles. The standard InChI is InChI=1S/C18H24N4O4S/c1-21-12-16(19-14-21)17(23)22-10-8-18(13-22,9-11-26-2)20-27(24,25)15-6-4-3-5-7-15/h3-7,12,14,20H,8-11,13H2,1-2H3. The van der Waals surface area contributed by atoms with E-state index in [4.69, 9.17) is 4.74 Å². The highest BCUT2D eigenvalue weighted by molar-refractivity contribution is 7.89. The summed E-state index contributed by atoms with van der Waals surface area (Å²) >= 11 is 0. The molecular formula is C18H24N4O4S. The van der Waals surface area contributed by atoms with Crippen LogP contribution < -0.4 is 4.72 Å². The van der Waals surface area contributed by atoms with Crippen molar-refractivity contribution < 1.29 is 17.9 Å². The van der Waals surface area contributed by atoms with Gasteiger partial charge in [-0.05, 0) is 25.0 Å². The van der Waals surface area contributed by atoms with Gasteiger partial charge in [0.25, 0.3) is 5.91 Å². The quantitative estimate of drug-likeness (QED) is 0.759. The van der Waals surface area contributed by atoms with E-state index < -0.39 is 15.6 Å². The fraction of sp³-hybridized carbons (Fsp3) is 0.444. The van der Waals surface area contributed by atoms with Gasteiger partial charge in [-0.3, -0.25) is 4.79 Å². The molecule has 1 N–H and O–H groups in total. The predicted molar refractivity (Wildman–Crippen MR) is 99.7 cm³/mol. The van der Waals surface area contributed by atoms with Crippen molar-refractivity contribution in [3.8, 4) is 0 Å². The Labute approximate surface area is 159 Å². The van der Waals surface area contributed by atoms with Crippen LogP contribution >= 0.6 is 0 Å². The Kier molecular flexibility index (Phi) is 5.64. The van der Waals surface area contributed by atoms with Crippen molar-refractivity contribution in [1.29, 1.82) is 0 Å². The molecule has 0 aliphatic carbocycles. The van der Waals surface area contributed by atoms with E-state index in [1.807, 2.05) is 0 Å². The van der Waals surface area contributed by atoms with Gasteiger partial charge in [-0.15, -0.1) is 0 Å². The minimum absolute atomic E-state index is 0.200. The lowest BCUT2D eigenvalue weighted by Gasteiger charge is -2.30. The monoisotopic (exact) mass is 392 g/mol. The van der Waals surface area contributed by atoms with Gasteiger partial charge in [0.2, 0.25) is 10.0 Å². The molecule has 1 amide bonds. The average molecular weight is 392 g/mol. The number of aromatic nitrogens is 2. The van der Waals surface area contributed by atoms with Gasteiger partial charge in [0.15, 0.2) is 0 Å². The van der Waals surface area contributed by atoms with Gasteiger partial charge in [0.1, 0.15) is 5.69 Å². The van der Waals surface area contributed by atoms with Gasteiger partial charge in [0.05, 0.1) is 16.8 Å². The fourth-order valence-corrected chi connectivity index (χ4v) is 4.78. The number of imidazole rings is 1. The second-order valence-corrected chi connectivity index (χ2v) is 8.53. The molecule has 1 aromatic carbocycles. The van der Waals surface area contributed by atoms with Gasteiger partial charge < -0.3 is 14.2 Å². The maximum atomic E-state index is 12.8. The summed E-state index contributed by atoms with van der Waals surface area (Å²) in [6.45, 7) is 1.12. The highest BCUT2D eigenvalue weighted by Crippen LogP contribution is 2.28. The zero-order chi connectivity index (χ0) is 19.5. The minimum atomic E-state index is -3.71. The number of rotatable bonds is 7. The van der Waals surface area contributed by atoms with Crippen LogP contribution in [0.5, 0.6) is 0 Å². The minimum Gasteiger partial charge on any atom is -0.385 e. The van der Waals surface area contributed by atoms with Crippen molar-refractivity contribution in [2.45, 2.75) is 23.3 Å². The summed E-state index contributed by atoms with van der Waals surface area (Å²) in [5.74, 6) is -0.200. The summed E-state index contributed by atoms with van der Waals surface area (Å²) in [7, 11) is -0.335. The number of ether oxygens (including phenoxy) is 1. The van der Waals surface area contributed by atoms with Gasteiger partial charge in [-0.1, -0.05) is 18.2 Å². The molecule has 1 unspecified atom stereocenters. The lowest BCUT2D eigenvalue weighted by Crippen LogP contribution is -2.51. The topological polar surface area (TPSA) is 93.5 Å². The second kappa shape index (κ2) is 7.79. The van der Waals surface area contributed by atoms with E-state index in [1.165, 1.54) is 0 Å². The maximum Gasteiger partial charge on any atom is 0.274 e. The van der Waals surface area contributed by atoms with Crippen LogP contribution in [0, 0.1) is 0 Å².